The summed E-state index contributed by atoms with van der Waals surface area (Å²) in [7, 11) is 1.65. The van der Waals surface area contributed by atoms with E-state index in [1.165, 1.54) is 0 Å². The van der Waals surface area contributed by atoms with Crippen molar-refractivity contribution in [2.75, 3.05) is 7.05 Å². The van der Waals surface area contributed by atoms with Gasteiger partial charge in [0.15, 0.2) is 0 Å². The molecule has 0 aliphatic carbocycles. The minimum atomic E-state index is -0.847. The zero-order valence-electron chi connectivity index (χ0n) is 9.27. The normalized spacial score (nSPS) is 14.9. The van der Waals surface area contributed by atoms with E-state index >= 15 is 0 Å². The summed E-state index contributed by atoms with van der Waals surface area (Å²) in [6, 6.07) is -0.741. The molecule has 1 aromatic heterocycles. The lowest BCUT2D eigenvalue weighted by molar-refractivity contribution is -0.140. The van der Waals surface area contributed by atoms with Crippen LogP contribution in [0, 0.1) is 0 Å². The molecule has 0 amide bonds. The minimum absolute atomic E-state index is 0.148. The monoisotopic (exact) mass is 211 g/mol. The van der Waals surface area contributed by atoms with Crippen LogP contribution in [0.3, 0.4) is 0 Å². The summed E-state index contributed by atoms with van der Waals surface area (Å²) < 4.78 is 1.90. The molecule has 0 saturated carbocycles. The van der Waals surface area contributed by atoms with E-state index in [0.29, 0.717) is 0 Å². The lowest BCUT2D eigenvalue weighted by atomic mass is 10.1. The molecule has 5 nitrogen and oxygen atoms in total. The van der Waals surface area contributed by atoms with Crippen LogP contribution >= 0.6 is 0 Å². The van der Waals surface area contributed by atoms with Crippen LogP contribution in [0.25, 0.3) is 0 Å². The summed E-state index contributed by atoms with van der Waals surface area (Å²) in [5.41, 5.74) is 0. The maximum atomic E-state index is 11.0. The van der Waals surface area contributed by atoms with Gasteiger partial charge in [-0.2, -0.15) is 0 Å². The number of aromatic nitrogens is 2. The number of hydrogen-bond acceptors (Lipinski definition) is 3. The molecule has 0 aliphatic rings. The van der Waals surface area contributed by atoms with Crippen LogP contribution in [0.4, 0.5) is 0 Å². The highest BCUT2D eigenvalue weighted by Crippen LogP contribution is 2.14. The van der Waals surface area contributed by atoms with Gasteiger partial charge in [-0.15, -0.1) is 0 Å². The van der Waals surface area contributed by atoms with Gasteiger partial charge in [0.2, 0.25) is 0 Å². The first-order valence-electron chi connectivity index (χ1n) is 5.03. The zero-order valence-corrected chi connectivity index (χ0v) is 9.27. The highest BCUT2D eigenvalue weighted by molar-refractivity contribution is 5.74. The SMILES string of the molecule is CCc1nccn1C(C)C(NC)C(=O)O. The Morgan fingerprint density at radius 3 is 2.87 bits per heavy atom. The highest BCUT2D eigenvalue weighted by atomic mass is 16.4. The van der Waals surface area contributed by atoms with Crippen molar-refractivity contribution >= 4 is 5.97 Å². The number of imidazole rings is 1. The van der Waals surface area contributed by atoms with Gasteiger partial charge >= 0.3 is 5.97 Å². The van der Waals surface area contributed by atoms with E-state index in [0.717, 1.165) is 12.2 Å². The summed E-state index contributed by atoms with van der Waals surface area (Å²) >= 11 is 0. The topological polar surface area (TPSA) is 67.2 Å². The van der Waals surface area contributed by atoms with Crippen LogP contribution in [-0.2, 0) is 11.2 Å². The summed E-state index contributed by atoms with van der Waals surface area (Å²) in [6.45, 7) is 3.87. The van der Waals surface area contributed by atoms with E-state index < -0.39 is 12.0 Å². The number of aryl methyl sites for hydroxylation is 1. The number of carboxylic acid groups (broad SMARTS) is 1. The summed E-state index contributed by atoms with van der Waals surface area (Å²) in [5, 5.41) is 11.8. The Balaban J connectivity index is 2.91. The van der Waals surface area contributed by atoms with Crippen molar-refractivity contribution in [1.29, 1.82) is 0 Å². The second-order valence-corrected chi connectivity index (χ2v) is 3.45. The number of likely N-dealkylation sites (N-methyl/N-ethyl adjacent to an activating group) is 1. The highest BCUT2D eigenvalue weighted by Gasteiger charge is 2.24. The van der Waals surface area contributed by atoms with Gasteiger partial charge in [0, 0.05) is 18.8 Å². The molecule has 0 radical (unpaired) electrons. The molecule has 0 fully saturated rings. The minimum Gasteiger partial charge on any atom is -0.480 e. The molecule has 0 aromatic carbocycles. The van der Waals surface area contributed by atoms with Gasteiger partial charge in [-0.05, 0) is 14.0 Å². The third-order valence-corrected chi connectivity index (χ3v) is 2.56. The Kier molecular flexibility index (Phi) is 3.85. The van der Waals surface area contributed by atoms with Gasteiger partial charge in [-0.25, -0.2) is 4.98 Å². The maximum Gasteiger partial charge on any atom is 0.322 e. The molecule has 1 heterocycles. The molecule has 84 valence electrons. The van der Waals surface area contributed by atoms with Crippen LogP contribution in [0.15, 0.2) is 12.4 Å². The third kappa shape index (κ3) is 2.36. The van der Waals surface area contributed by atoms with Crippen LogP contribution < -0.4 is 5.32 Å². The lowest BCUT2D eigenvalue weighted by Crippen LogP contribution is -2.40. The van der Waals surface area contributed by atoms with Crippen LogP contribution in [0.2, 0.25) is 0 Å². The molecular weight excluding hydrogens is 194 g/mol. The summed E-state index contributed by atoms with van der Waals surface area (Å²) in [6.07, 6.45) is 4.31. The molecule has 1 rings (SSSR count). The quantitative estimate of drug-likeness (QED) is 0.751. The Morgan fingerprint density at radius 1 is 1.73 bits per heavy atom. The average Bonchev–Trinajstić information content (AvgIpc) is 2.65. The Hall–Kier alpha value is -1.36. The van der Waals surface area contributed by atoms with E-state index in [4.69, 9.17) is 5.11 Å². The van der Waals surface area contributed by atoms with E-state index in [1.807, 2.05) is 24.6 Å². The van der Waals surface area contributed by atoms with Crippen molar-refractivity contribution < 1.29 is 9.90 Å². The predicted molar refractivity (Wildman–Crippen MR) is 56.8 cm³/mol. The van der Waals surface area contributed by atoms with Gasteiger partial charge < -0.3 is 15.0 Å². The lowest BCUT2D eigenvalue weighted by Gasteiger charge is -2.22. The third-order valence-electron chi connectivity index (χ3n) is 2.56. The molecule has 2 unspecified atom stereocenters. The molecule has 15 heavy (non-hydrogen) atoms. The largest absolute Gasteiger partial charge is 0.480 e. The number of hydrogen-bond donors (Lipinski definition) is 2. The predicted octanol–water partition coefficient (Wildman–Crippen LogP) is 0.679. The number of rotatable bonds is 5. The molecule has 0 aliphatic heterocycles. The maximum absolute atomic E-state index is 11.0. The number of carboxylic acids is 1. The Bertz CT molecular complexity index is 335. The first kappa shape index (κ1) is 11.7. The molecule has 0 saturated heterocycles. The Labute approximate surface area is 89.1 Å². The molecule has 5 heteroatoms. The standard InChI is InChI=1S/C10H17N3O2/c1-4-8-12-5-6-13(8)7(2)9(11-3)10(14)15/h5-7,9,11H,4H2,1-3H3,(H,14,15). The molecule has 2 atom stereocenters. The van der Waals surface area contributed by atoms with Crippen molar-refractivity contribution in [2.45, 2.75) is 32.4 Å². The first-order chi connectivity index (χ1) is 7.11. The van der Waals surface area contributed by atoms with Crippen LogP contribution in [0.1, 0.15) is 25.7 Å². The number of nitrogens with zero attached hydrogens (tertiary/aromatic N) is 2. The number of carbonyl (C=O) groups is 1. The van der Waals surface area contributed by atoms with Crippen molar-refractivity contribution in [3.8, 4) is 0 Å². The van der Waals surface area contributed by atoms with Gasteiger partial charge in [-0.1, -0.05) is 6.92 Å². The van der Waals surface area contributed by atoms with Crippen molar-refractivity contribution in [2.24, 2.45) is 0 Å². The van der Waals surface area contributed by atoms with Crippen molar-refractivity contribution in [1.82, 2.24) is 14.9 Å². The van der Waals surface area contributed by atoms with Crippen LogP contribution in [0.5, 0.6) is 0 Å². The van der Waals surface area contributed by atoms with Crippen LogP contribution in [-0.4, -0.2) is 33.7 Å². The van der Waals surface area contributed by atoms with E-state index in [-0.39, 0.29) is 6.04 Å². The second-order valence-electron chi connectivity index (χ2n) is 3.45. The summed E-state index contributed by atoms with van der Waals surface area (Å²) in [5.74, 6) is 0.0600. The van der Waals surface area contributed by atoms with Crippen molar-refractivity contribution in [3.05, 3.63) is 18.2 Å². The second kappa shape index (κ2) is 4.93. The average molecular weight is 211 g/mol. The van der Waals surface area contributed by atoms with Gasteiger partial charge in [0.25, 0.3) is 0 Å². The fraction of sp³-hybridized carbons (Fsp3) is 0.600. The smallest absolute Gasteiger partial charge is 0.322 e. The van der Waals surface area contributed by atoms with Crippen molar-refractivity contribution in [3.63, 3.8) is 0 Å². The first-order valence-corrected chi connectivity index (χ1v) is 5.03. The molecule has 0 spiro atoms. The van der Waals surface area contributed by atoms with Gasteiger partial charge in [0.1, 0.15) is 11.9 Å². The molecule has 1 aromatic rings. The molecule has 2 N–H and O–H groups in total. The van der Waals surface area contributed by atoms with E-state index in [2.05, 4.69) is 10.3 Å². The number of aliphatic carboxylic acids is 1. The van der Waals surface area contributed by atoms with Gasteiger partial charge in [-0.3, -0.25) is 4.79 Å². The molecule has 0 bridgehead atoms. The zero-order chi connectivity index (χ0) is 11.4. The number of nitrogens with one attached hydrogen (secondary N) is 1. The fourth-order valence-electron chi connectivity index (χ4n) is 1.72. The van der Waals surface area contributed by atoms with E-state index in [1.54, 1.807) is 13.2 Å². The van der Waals surface area contributed by atoms with E-state index in [9.17, 15) is 4.79 Å². The fourth-order valence-corrected chi connectivity index (χ4v) is 1.72. The summed E-state index contributed by atoms with van der Waals surface area (Å²) in [4.78, 5) is 15.1. The molecular formula is C10H17N3O2. The Morgan fingerprint density at radius 2 is 2.40 bits per heavy atom. The van der Waals surface area contributed by atoms with Gasteiger partial charge in [0.05, 0.1) is 6.04 Å².